The van der Waals surface area contributed by atoms with Gasteiger partial charge in [-0.25, -0.2) is 0 Å². The maximum absolute atomic E-state index is 2.47. The van der Waals surface area contributed by atoms with E-state index in [1.807, 2.05) is 0 Å². The number of aryl methyl sites for hydroxylation is 2. The van der Waals surface area contributed by atoms with Crippen LogP contribution in [0.25, 0.3) is 5.57 Å². The van der Waals surface area contributed by atoms with Crippen molar-refractivity contribution in [3.05, 3.63) is 74.9 Å². The van der Waals surface area contributed by atoms with Crippen LogP contribution in [0.2, 0.25) is 0 Å². The Labute approximate surface area is 119 Å². The molecule has 0 bridgehead atoms. The number of fused-ring (bicyclic) bond motifs is 2. The quantitative estimate of drug-likeness (QED) is 0.531. The van der Waals surface area contributed by atoms with Crippen LogP contribution in [0.1, 0.15) is 22.3 Å². The van der Waals surface area contributed by atoms with Crippen molar-refractivity contribution < 1.29 is 21.2 Å². The van der Waals surface area contributed by atoms with Gasteiger partial charge in [-0.05, 0) is 0 Å². The molecule has 3 rings (SSSR count). The Morgan fingerprint density at radius 1 is 0.833 bits per heavy atom. The van der Waals surface area contributed by atoms with E-state index in [4.69, 9.17) is 0 Å². The molecule has 1 heteroatoms. The fraction of sp³-hybridized carbons (Fsp3) is 0.176. The normalized spacial score (nSPS) is 13.7. The summed E-state index contributed by atoms with van der Waals surface area (Å²) in [7, 11) is 0. The molecule has 1 aliphatic rings. The summed E-state index contributed by atoms with van der Waals surface area (Å²) in [6, 6.07) is 17.8. The van der Waals surface area contributed by atoms with Gasteiger partial charge in [0.15, 0.2) is 0 Å². The molecule has 0 atom stereocenters. The second-order valence-electron chi connectivity index (χ2n) is 4.56. The van der Waals surface area contributed by atoms with Crippen molar-refractivity contribution in [3.63, 3.8) is 0 Å². The number of rotatable bonds is 1. The third-order valence-electron chi connectivity index (χ3n) is 3.50. The molecule has 0 aromatic heterocycles. The molecule has 0 radical (unpaired) electrons. The molecule has 2 aromatic rings. The Kier molecular flexibility index (Phi) is 3.50. The van der Waals surface area contributed by atoms with Gasteiger partial charge in [0.1, 0.15) is 0 Å². The zero-order valence-electron chi connectivity index (χ0n) is 10.5. The van der Waals surface area contributed by atoms with Gasteiger partial charge in [0, 0.05) is 0 Å². The van der Waals surface area contributed by atoms with Gasteiger partial charge in [-0.15, -0.1) is 0 Å². The monoisotopic (exact) mass is 347 g/mol. The molecule has 0 saturated heterocycles. The number of benzene rings is 2. The first-order valence-electron chi connectivity index (χ1n) is 6.25. The molecule has 18 heavy (non-hydrogen) atoms. The summed E-state index contributed by atoms with van der Waals surface area (Å²) in [6.07, 6.45) is 2.32. The Balaban J connectivity index is 2.25. The van der Waals surface area contributed by atoms with Crippen LogP contribution in [0.3, 0.4) is 0 Å². The van der Waals surface area contributed by atoms with Crippen LogP contribution in [-0.2, 0) is 12.8 Å². The van der Waals surface area contributed by atoms with Crippen LogP contribution in [0.4, 0.5) is 0 Å². The Morgan fingerprint density at radius 3 is 1.83 bits per heavy atom. The minimum atomic E-state index is 0.156. The van der Waals surface area contributed by atoms with Crippen molar-refractivity contribution in [2.24, 2.45) is 0 Å². The Morgan fingerprint density at radius 2 is 1.33 bits per heavy atom. The fourth-order valence-electron chi connectivity index (χ4n) is 2.64. The van der Waals surface area contributed by atoms with Crippen LogP contribution >= 0.6 is 0 Å². The maximum atomic E-state index is 2.47. The van der Waals surface area contributed by atoms with Crippen molar-refractivity contribution in [1.82, 2.24) is 0 Å². The van der Waals surface area contributed by atoms with E-state index in [9.17, 15) is 0 Å². The van der Waals surface area contributed by atoms with Gasteiger partial charge in [0.05, 0.1) is 0 Å². The summed E-state index contributed by atoms with van der Waals surface area (Å²) in [5, 5.41) is 0. The summed E-state index contributed by atoms with van der Waals surface area (Å²) < 4.78 is 2.47. The topological polar surface area (TPSA) is 0 Å². The molecular formula is C17H16I-. The van der Waals surface area contributed by atoms with E-state index in [0.29, 0.717) is 0 Å². The van der Waals surface area contributed by atoms with Crippen molar-refractivity contribution in [2.45, 2.75) is 12.8 Å². The summed E-state index contributed by atoms with van der Waals surface area (Å²) in [4.78, 5) is 2.32. The van der Waals surface area contributed by atoms with Crippen LogP contribution < -0.4 is 21.2 Å². The Bertz CT molecular complexity index is 547. The first-order chi connectivity index (χ1) is 8.90. The van der Waals surface area contributed by atoms with Gasteiger partial charge >= 0.3 is 119 Å². The Hall–Kier alpha value is -1.09. The average Bonchev–Trinajstić information content (AvgIpc) is 2.58. The summed E-state index contributed by atoms with van der Waals surface area (Å²) >= 11 is 0.156. The van der Waals surface area contributed by atoms with Gasteiger partial charge < -0.3 is 0 Å². The van der Waals surface area contributed by atoms with E-state index >= 15 is 0 Å². The van der Waals surface area contributed by atoms with Gasteiger partial charge in [-0.1, -0.05) is 0 Å². The molecule has 0 aliphatic heterocycles. The number of halogens is 1. The second-order valence-corrected chi connectivity index (χ2v) is 6.42. The first-order valence-corrected chi connectivity index (χ1v) is 9.65. The number of hydrogen-bond acceptors (Lipinski definition) is 0. The van der Waals surface area contributed by atoms with E-state index < -0.39 is 0 Å². The van der Waals surface area contributed by atoms with Crippen LogP contribution in [0.5, 0.6) is 0 Å². The molecule has 0 unspecified atom stereocenters. The van der Waals surface area contributed by atoms with Gasteiger partial charge in [0.2, 0.25) is 0 Å². The van der Waals surface area contributed by atoms with Crippen molar-refractivity contribution in [3.8, 4) is 0 Å². The van der Waals surface area contributed by atoms with E-state index in [-0.39, 0.29) is 21.2 Å². The molecule has 2 aromatic carbocycles. The molecule has 0 spiro atoms. The molecule has 1 aliphatic carbocycles. The SMILES string of the molecule is C[I-]C=C1c2ccccc2CCc2ccccc21. The molecule has 0 N–H and O–H groups in total. The molecular weight excluding hydrogens is 331 g/mol. The molecule has 0 fully saturated rings. The van der Waals surface area contributed by atoms with Gasteiger partial charge in [-0.3, -0.25) is 0 Å². The molecule has 0 amide bonds. The summed E-state index contributed by atoms with van der Waals surface area (Å²) in [5.74, 6) is 0. The predicted molar refractivity (Wildman–Crippen MR) is 73.3 cm³/mol. The summed E-state index contributed by atoms with van der Waals surface area (Å²) in [6.45, 7) is 0. The first kappa shape index (κ1) is 12.0. The van der Waals surface area contributed by atoms with E-state index in [0.717, 1.165) is 12.8 Å². The minimum absolute atomic E-state index is 0.156. The van der Waals surface area contributed by atoms with Gasteiger partial charge in [0.25, 0.3) is 0 Å². The number of hydrogen-bond donors (Lipinski definition) is 0. The van der Waals surface area contributed by atoms with Crippen molar-refractivity contribution in [2.75, 3.05) is 4.93 Å². The third kappa shape index (κ3) is 2.12. The zero-order chi connectivity index (χ0) is 12.4. The standard InChI is InChI=1S/C17H16I/c1-18-12-17-15-8-4-2-6-13(15)10-11-14-7-3-5-9-16(14)17/h2-9,12H,10-11H2,1H3/q-1. The van der Waals surface area contributed by atoms with Crippen molar-refractivity contribution >= 4 is 5.57 Å². The molecule has 0 nitrogen and oxygen atoms in total. The molecule has 0 heterocycles. The third-order valence-corrected chi connectivity index (χ3v) is 4.74. The fourth-order valence-corrected chi connectivity index (χ4v) is 3.94. The number of alkyl halides is 1. The predicted octanol–water partition coefficient (Wildman–Crippen LogP) is 0.893. The van der Waals surface area contributed by atoms with E-state index in [1.165, 1.54) is 27.8 Å². The van der Waals surface area contributed by atoms with E-state index in [2.05, 4.69) is 57.5 Å². The van der Waals surface area contributed by atoms with Crippen LogP contribution in [0.15, 0.2) is 52.6 Å². The average molecular weight is 347 g/mol. The van der Waals surface area contributed by atoms with Crippen molar-refractivity contribution in [1.29, 1.82) is 0 Å². The zero-order valence-corrected chi connectivity index (χ0v) is 12.6. The molecule has 0 saturated carbocycles. The molecule has 92 valence electrons. The van der Waals surface area contributed by atoms with Crippen LogP contribution in [-0.4, -0.2) is 4.93 Å². The van der Waals surface area contributed by atoms with E-state index in [1.54, 1.807) is 0 Å². The summed E-state index contributed by atoms with van der Waals surface area (Å²) in [5.41, 5.74) is 7.36. The van der Waals surface area contributed by atoms with Gasteiger partial charge in [-0.2, -0.15) is 0 Å². The van der Waals surface area contributed by atoms with Crippen LogP contribution in [0, 0.1) is 0 Å². The second kappa shape index (κ2) is 5.27.